The van der Waals surface area contributed by atoms with Crippen molar-refractivity contribution in [1.29, 1.82) is 0 Å². The maximum atomic E-state index is 12.9. The van der Waals surface area contributed by atoms with Gasteiger partial charge in [0.05, 0.1) is 24.3 Å². The van der Waals surface area contributed by atoms with Gasteiger partial charge in [0, 0.05) is 64.2 Å². The van der Waals surface area contributed by atoms with E-state index in [4.69, 9.17) is 9.84 Å². The number of nitrogens with zero attached hydrogens (tertiary/aromatic N) is 5. The molecule has 1 aromatic carbocycles. The Balaban J connectivity index is 0.974. The lowest BCUT2D eigenvalue weighted by Gasteiger charge is -2.40. The quantitative estimate of drug-likeness (QED) is 0.500. The van der Waals surface area contributed by atoms with Gasteiger partial charge in [-0.05, 0) is 61.9 Å². The molecule has 1 aromatic heterocycles. The van der Waals surface area contributed by atoms with Crippen LogP contribution < -0.4 is 10.2 Å². The summed E-state index contributed by atoms with van der Waals surface area (Å²) in [5.74, 6) is -1.19. The zero-order chi connectivity index (χ0) is 28.1. The van der Waals surface area contributed by atoms with Crippen molar-refractivity contribution in [3.8, 4) is 0 Å². The first-order valence-electron chi connectivity index (χ1n) is 14.0. The maximum absolute atomic E-state index is 12.9. The fraction of sp³-hybridized carbons (Fsp3) is 0.607. The topological polar surface area (TPSA) is 94.1 Å². The summed E-state index contributed by atoms with van der Waals surface area (Å²) < 4.78 is 44.6. The Morgan fingerprint density at radius 1 is 0.950 bits per heavy atom. The van der Waals surface area contributed by atoms with Crippen LogP contribution in [-0.4, -0.2) is 102 Å². The van der Waals surface area contributed by atoms with Crippen LogP contribution in [0.4, 0.5) is 24.7 Å². The van der Waals surface area contributed by atoms with Crippen LogP contribution >= 0.6 is 0 Å². The number of nitrogens with one attached hydrogen (secondary N) is 1. The molecule has 0 spiro atoms. The number of hydrogen-bond acceptors (Lipinski definition) is 8. The van der Waals surface area contributed by atoms with Gasteiger partial charge < -0.3 is 25.0 Å². The Kier molecular flexibility index (Phi) is 9.07. The number of halogens is 3. The van der Waals surface area contributed by atoms with E-state index in [1.807, 2.05) is 12.1 Å². The number of aromatic carboxylic acids is 1. The van der Waals surface area contributed by atoms with Crippen molar-refractivity contribution in [2.75, 3.05) is 69.2 Å². The molecule has 0 aliphatic carbocycles. The minimum Gasteiger partial charge on any atom is -0.478 e. The van der Waals surface area contributed by atoms with E-state index in [1.54, 1.807) is 12.1 Å². The lowest BCUT2D eigenvalue weighted by atomic mass is 9.95. The number of carbonyl (C=O) groups is 1. The van der Waals surface area contributed by atoms with Crippen LogP contribution in [0.2, 0.25) is 0 Å². The highest BCUT2D eigenvalue weighted by atomic mass is 19.4. The van der Waals surface area contributed by atoms with Crippen molar-refractivity contribution in [3.63, 3.8) is 0 Å². The number of rotatable bonds is 8. The highest BCUT2D eigenvalue weighted by Crippen LogP contribution is 2.27. The molecular formula is C28H37F3N6O3. The molecule has 12 heteroatoms. The van der Waals surface area contributed by atoms with Crippen LogP contribution in [0.1, 0.15) is 41.9 Å². The van der Waals surface area contributed by atoms with Gasteiger partial charge in [-0.3, -0.25) is 4.90 Å². The van der Waals surface area contributed by atoms with Gasteiger partial charge >= 0.3 is 12.1 Å². The summed E-state index contributed by atoms with van der Waals surface area (Å²) in [6.45, 7) is 8.54. The summed E-state index contributed by atoms with van der Waals surface area (Å²) in [4.78, 5) is 25.3. The van der Waals surface area contributed by atoms with E-state index in [0.717, 1.165) is 89.9 Å². The van der Waals surface area contributed by atoms with Crippen LogP contribution in [-0.2, 0) is 10.9 Å². The molecule has 0 saturated carbocycles. The van der Waals surface area contributed by atoms with Crippen molar-refractivity contribution in [2.45, 2.75) is 44.0 Å². The van der Waals surface area contributed by atoms with Crippen molar-refractivity contribution in [2.24, 2.45) is 5.92 Å². The summed E-state index contributed by atoms with van der Waals surface area (Å²) in [5, 5.41) is 12.2. The number of hydrogen-bond donors (Lipinski definition) is 2. The third-order valence-electron chi connectivity index (χ3n) is 8.17. The van der Waals surface area contributed by atoms with Gasteiger partial charge in [-0.1, -0.05) is 0 Å². The van der Waals surface area contributed by atoms with Crippen LogP contribution in [0.3, 0.4) is 0 Å². The van der Waals surface area contributed by atoms with E-state index in [9.17, 15) is 18.0 Å². The van der Waals surface area contributed by atoms with Gasteiger partial charge in [0.2, 0.25) is 5.82 Å². The summed E-state index contributed by atoms with van der Waals surface area (Å²) in [6.07, 6.45) is 0.640. The monoisotopic (exact) mass is 562 g/mol. The van der Waals surface area contributed by atoms with Crippen LogP contribution in [0.5, 0.6) is 0 Å². The molecule has 3 fully saturated rings. The van der Waals surface area contributed by atoms with Gasteiger partial charge in [-0.25, -0.2) is 14.8 Å². The Morgan fingerprint density at radius 2 is 1.62 bits per heavy atom. The van der Waals surface area contributed by atoms with E-state index < -0.39 is 18.0 Å². The number of piperidine rings is 1. The average molecular weight is 563 g/mol. The molecule has 2 atom stereocenters. The summed E-state index contributed by atoms with van der Waals surface area (Å²) in [5.41, 5.74) is 1.41. The second-order valence-electron chi connectivity index (χ2n) is 11.0. The van der Waals surface area contributed by atoms with Crippen molar-refractivity contribution in [1.82, 2.24) is 19.8 Å². The molecule has 0 bridgehead atoms. The lowest BCUT2D eigenvalue weighted by molar-refractivity contribution is -0.144. The Labute approximate surface area is 232 Å². The molecule has 2 N–H and O–H groups in total. The molecule has 0 unspecified atom stereocenters. The van der Waals surface area contributed by atoms with Crippen LogP contribution in [0.25, 0.3) is 0 Å². The van der Waals surface area contributed by atoms with Gasteiger partial charge in [0.1, 0.15) is 5.82 Å². The SMILES string of the molecule is O=C(O)c1ccc(N2CCC(CN3CCN(C[C@@H]4CC[C@@H](Nc5ccnc(C(F)(F)F)n5)CO4)CC3)CC2)cc1. The first-order chi connectivity index (χ1) is 19.2. The van der Waals surface area contributed by atoms with Crippen molar-refractivity contribution < 1.29 is 27.8 Å². The van der Waals surface area contributed by atoms with Gasteiger partial charge in [-0.2, -0.15) is 13.2 Å². The first-order valence-corrected chi connectivity index (χ1v) is 14.0. The smallest absolute Gasteiger partial charge is 0.451 e. The predicted molar refractivity (Wildman–Crippen MR) is 145 cm³/mol. The third-order valence-corrected chi connectivity index (χ3v) is 8.17. The molecule has 5 rings (SSSR count). The fourth-order valence-corrected chi connectivity index (χ4v) is 5.84. The number of benzene rings is 1. The summed E-state index contributed by atoms with van der Waals surface area (Å²) in [6, 6.07) is 8.53. The third kappa shape index (κ3) is 7.61. The summed E-state index contributed by atoms with van der Waals surface area (Å²) in [7, 11) is 0. The second kappa shape index (κ2) is 12.7. The molecule has 0 amide bonds. The molecule has 3 aliphatic rings. The van der Waals surface area contributed by atoms with E-state index in [-0.39, 0.29) is 18.0 Å². The predicted octanol–water partition coefficient (Wildman–Crippen LogP) is 3.69. The standard InChI is InChI=1S/C28H37F3N6O3/c29-28(30,31)27-32-10-7-25(34-27)33-22-3-6-24(40-19-22)18-36-15-13-35(14-16-36)17-20-8-11-37(12-9-20)23-4-1-21(2-5-23)26(38)39/h1-2,4-5,7,10,20,22,24H,3,6,8-9,11-19H2,(H,38,39)(H,32,33,34)/t22-,24+/m1/s1. The van der Waals surface area contributed by atoms with Crippen LogP contribution in [0, 0.1) is 5.92 Å². The average Bonchev–Trinajstić information content (AvgIpc) is 2.95. The van der Waals surface area contributed by atoms with Crippen molar-refractivity contribution >= 4 is 17.5 Å². The Morgan fingerprint density at radius 3 is 2.23 bits per heavy atom. The number of aromatic nitrogens is 2. The van der Waals surface area contributed by atoms with Gasteiger partial charge in [0.25, 0.3) is 0 Å². The van der Waals surface area contributed by atoms with Crippen molar-refractivity contribution in [3.05, 3.63) is 47.9 Å². The lowest BCUT2D eigenvalue weighted by Crippen LogP contribution is -2.51. The largest absolute Gasteiger partial charge is 0.478 e. The maximum Gasteiger partial charge on any atom is 0.451 e. The first kappa shape index (κ1) is 28.6. The molecular weight excluding hydrogens is 525 g/mol. The molecule has 4 heterocycles. The minimum atomic E-state index is -4.56. The molecule has 3 aliphatic heterocycles. The zero-order valence-corrected chi connectivity index (χ0v) is 22.5. The fourth-order valence-electron chi connectivity index (χ4n) is 5.84. The Bertz CT molecular complexity index is 1110. The molecule has 2 aromatic rings. The molecule has 218 valence electrons. The zero-order valence-electron chi connectivity index (χ0n) is 22.5. The Hall–Kier alpha value is -2.96. The van der Waals surface area contributed by atoms with E-state index in [2.05, 4.69) is 30.0 Å². The number of carboxylic acids is 1. The van der Waals surface area contributed by atoms with Gasteiger partial charge in [0.15, 0.2) is 0 Å². The van der Waals surface area contributed by atoms with E-state index >= 15 is 0 Å². The molecule has 3 saturated heterocycles. The minimum absolute atomic E-state index is 0.0698. The normalized spacial score (nSPS) is 23.7. The number of alkyl halides is 3. The number of ether oxygens (including phenoxy) is 1. The van der Waals surface area contributed by atoms with E-state index in [1.165, 1.54) is 6.07 Å². The molecule has 40 heavy (non-hydrogen) atoms. The number of anilines is 2. The molecule has 9 nitrogen and oxygen atoms in total. The van der Waals surface area contributed by atoms with Crippen LogP contribution in [0.15, 0.2) is 36.5 Å². The summed E-state index contributed by atoms with van der Waals surface area (Å²) >= 11 is 0. The number of piperazine rings is 1. The van der Waals surface area contributed by atoms with Gasteiger partial charge in [-0.15, -0.1) is 0 Å². The number of carboxylic acid groups (broad SMARTS) is 1. The second-order valence-corrected chi connectivity index (χ2v) is 11.0. The van der Waals surface area contributed by atoms with E-state index in [0.29, 0.717) is 18.1 Å². The highest BCUT2D eigenvalue weighted by Gasteiger charge is 2.35. The highest BCUT2D eigenvalue weighted by molar-refractivity contribution is 5.88. The molecule has 0 radical (unpaired) electrons.